The molecule has 2 aromatic rings. The Morgan fingerprint density at radius 2 is 2.33 bits per heavy atom. The zero-order chi connectivity index (χ0) is 10.8. The highest BCUT2D eigenvalue weighted by atomic mass is 35.5. The second-order valence-corrected chi connectivity index (χ2v) is 3.94. The summed E-state index contributed by atoms with van der Waals surface area (Å²) in [6, 6.07) is 3.39. The third kappa shape index (κ3) is 1.98. The Morgan fingerprint density at radius 1 is 1.53 bits per heavy atom. The Kier molecular flexibility index (Phi) is 2.66. The van der Waals surface area contributed by atoms with E-state index in [1.165, 1.54) is 16.7 Å². The molecule has 0 spiro atoms. The van der Waals surface area contributed by atoms with Gasteiger partial charge in [0.1, 0.15) is 10.7 Å². The Hall–Kier alpha value is -1.46. The molecule has 0 bridgehead atoms. The fourth-order valence-corrected chi connectivity index (χ4v) is 2.09. The fraction of sp³-hybridized carbons (Fsp3) is 0. The van der Waals surface area contributed by atoms with E-state index in [9.17, 15) is 4.79 Å². The molecule has 0 aliphatic carbocycles. The van der Waals surface area contributed by atoms with Gasteiger partial charge in [0.05, 0.1) is 5.02 Å². The highest BCUT2D eigenvalue weighted by Crippen LogP contribution is 2.27. The predicted molar refractivity (Wildman–Crippen MR) is 57.3 cm³/mol. The lowest BCUT2D eigenvalue weighted by molar-refractivity contribution is 0.0691. The lowest BCUT2D eigenvalue weighted by atomic mass is 10.3. The van der Waals surface area contributed by atoms with Crippen LogP contribution in [0.4, 0.5) is 0 Å². The molecule has 0 aliphatic rings. The lowest BCUT2D eigenvalue weighted by Gasteiger charge is -1.96. The first kappa shape index (κ1) is 10.1. The maximum atomic E-state index is 10.6. The number of pyridine rings is 1. The molecule has 15 heavy (non-hydrogen) atoms. The van der Waals surface area contributed by atoms with Crippen LogP contribution in [-0.4, -0.2) is 21.0 Å². The van der Waals surface area contributed by atoms with Crippen LogP contribution in [0.2, 0.25) is 5.02 Å². The summed E-state index contributed by atoms with van der Waals surface area (Å²) in [6.45, 7) is 0. The minimum Gasteiger partial charge on any atom is -0.476 e. The molecule has 6 heteroatoms. The summed E-state index contributed by atoms with van der Waals surface area (Å²) in [7, 11) is 0. The molecule has 2 rings (SSSR count). The van der Waals surface area contributed by atoms with E-state index in [4.69, 9.17) is 16.7 Å². The van der Waals surface area contributed by atoms with Gasteiger partial charge in [0.2, 0.25) is 0 Å². The number of carboxylic acids is 1. The van der Waals surface area contributed by atoms with Crippen molar-refractivity contribution in [2.45, 2.75) is 0 Å². The van der Waals surface area contributed by atoms with Crippen molar-refractivity contribution >= 4 is 28.9 Å². The van der Waals surface area contributed by atoms with Gasteiger partial charge in [0.25, 0.3) is 0 Å². The molecule has 4 nitrogen and oxygen atoms in total. The highest BCUT2D eigenvalue weighted by molar-refractivity contribution is 7.13. The number of thiazole rings is 1. The topological polar surface area (TPSA) is 63.1 Å². The largest absolute Gasteiger partial charge is 0.476 e. The van der Waals surface area contributed by atoms with Crippen LogP contribution in [-0.2, 0) is 0 Å². The number of hydrogen-bond donors (Lipinski definition) is 1. The van der Waals surface area contributed by atoms with Crippen molar-refractivity contribution in [3.8, 4) is 10.7 Å². The van der Waals surface area contributed by atoms with Crippen LogP contribution < -0.4 is 0 Å². The van der Waals surface area contributed by atoms with Gasteiger partial charge in [-0.2, -0.15) is 0 Å². The van der Waals surface area contributed by atoms with Gasteiger partial charge in [-0.25, -0.2) is 9.78 Å². The third-order valence-electron chi connectivity index (χ3n) is 1.68. The number of rotatable bonds is 2. The van der Waals surface area contributed by atoms with E-state index in [0.29, 0.717) is 15.7 Å². The average Bonchev–Trinajstić information content (AvgIpc) is 2.67. The molecule has 2 aromatic heterocycles. The Morgan fingerprint density at radius 3 is 2.93 bits per heavy atom. The Bertz CT molecular complexity index is 512. The van der Waals surface area contributed by atoms with Crippen molar-refractivity contribution in [1.29, 1.82) is 0 Å². The lowest BCUT2D eigenvalue weighted by Crippen LogP contribution is -1.96. The molecule has 0 saturated heterocycles. The van der Waals surface area contributed by atoms with E-state index in [0.717, 1.165) is 0 Å². The number of halogens is 1. The second kappa shape index (κ2) is 3.96. The summed E-state index contributed by atoms with van der Waals surface area (Å²) in [4.78, 5) is 18.6. The Labute approximate surface area is 94.2 Å². The third-order valence-corrected chi connectivity index (χ3v) is 2.84. The van der Waals surface area contributed by atoms with E-state index >= 15 is 0 Å². The molecule has 0 fully saturated rings. The SMILES string of the molecule is O=C(O)c1csc(-c2ncccc2Cl)n1. The van der Waals surface area contributed by atoms with E-state index in [1.54, 1.807) is 18.3 Å². The molecule has 1 N–H and O–H groups in total. The number of carbonyl (C=O) groups is 1. The number of aromatic carboxylic acids is 1. The quantitative estimate of drug-likeness (QED) is 0.876. The maximum Gasteiger partial charge on any atom is 0.355 e. The van der Waals surface area contributed by atoms with Crippen molar-refractivity contribution < 1.29 is 9.90 Å². The van der Waals surface area contributed by atoms with Crippen molar-refractivity contribution in [3.63, 3.8) is 0 Å². The van der Waals surface area contributed by atoms with Crippen molar-refractivity contribution in [2.24, 2.45) is 0 Å². The molecule has 2 heterocycles. The highest BCUT2D eigenvalue weighted by Gasteiger charge is 2.12. The number of hydrogen-bond acceptors (Lipinski definition) is 4. The van der Waals surface area contributed by atoms with Gasteiger partial charge < -0.3 is 5.11 Å². The van der Waals surface area contributed by atoms with Gasteiger partial charge in [-0.3, -0.25) is 4.98 Å². The zero-order valence-corrected chi connectivity index (χ0v) is 8.92. The van der Waals surface area contributed by atoms with Crippen LogP contribution in [0.1, 0.15) is 10.5 Å². The number of aromatic nitrogens is 2. The summed E-state index contributed by atoms with van der Waals surface area (Å²) in [6.07, 6.45) is 1.59. The molecule has 76 valence electrons. The van der Waals surface area contributed by atoms with Crippen LogP contribution >= 0.6 is 22.9 Å². The summed E-state index contributed by atoms with van der Waals surface area (Å²) in [5.74, 6) is -1.05. The summed E-state index contributed by atoms with van der Waals surface area (Å²) in [5, 5.41) is 11.1. The van der Waals surface area contributed by atoms with E-state index in [2.05, 4.69) is 9.97 Å². The zero-order valence-electron chi connectivity index (χ0n) is 7.35. The van der Waals surface area contributed by atoms with Gasteiger partial charge in [-0.05, 0) is 12.1 Å². The first-order valence-corrected chi connectivity index (χ1v) is 5.24. The predicted octanol–water partition coefficient (Wildman–Crippen LogP) is 2.56. The fourth-order valence-electron chi connectivity index (χ4n) is 1.02. The molecule has 0 aromatic carbocycles. The number of nitrogens with zero attached hydrogens (tertiary/aromatic N) is 2. The molecular formula is C9H5ClN2O2S. The van der Waals surface area contributed by atoms with E-state index < -0.39 is 5.97 Å². The average molecular weight is 241 g/mol. The van der Waals surface area contributed by atoms with Gasteiger partial charge in [0.15, 0.2) is 5.69 Å². The first-order valence-electron chi connectivity index (χ1n) is 3.98. The van der Waals surface area contributed by atoms with Gasteiger partial charge in [-0.1, -0.05) is 11.6 Å². The van der Waals surface area contributed by atoms with Crippen LogP contribution in [0.25, 0.3) is 10.7 Å². The molecule has 0 aliphatic heterocycles. The Balaban J connectivity index is 2.46. The molecule has 0 saturated carbocycles. The van der Waals surface area contributed by atoms with Crippen molar-refractivity contribution in [3.05, 3.63) is 34.4 Å². The molecular weight excluding hydrogens is 236 g/mol. The van der Waals surface area contributed by atoms with Crippen LogP contribution in [0.3, 0.4) is 0 Å². The van der Waals surface area contributed by atoms with Crippen molar-refractivity contribution in [2.75, 3.05) is 0 Å². The van der Waals surface area contributed by atoms with Crippen LogP contribution in [0.15, 0.2) is 23.7 Å². The van der Waals surface area contributed by atoms with Gasteiger partial charge >= 0.3 is 5.97 Å². The molecule has 0 atom stereocenters. The summed E-state index contributed by atoms with van der Waals surface area (Å²) < 4.78 is 0. The van der Waals surface area contributed by atoms with Crippen molar-refractivity contribution in [1.82, 2.24) is 9.97 Å². The smallest absolute Gasteiger partial charge is 0.355 e. The molecule has 0 radical (unpaired) electrons. The minimum absolute atomic E-state index is 0.0109. The normalized spacial score (nSPS) is 10.2. The second-order valence-electron chi connectivity index (χ2n) is 2.68. The molecule has 0 amide bonds. The van der Waals surface area contributed by atoms with Crippen LogP contribution in [0.5, 0.6) is 0 Å². The van der Waals surface area contributed by atoms with Gasteiger partial charge in [0, 0.05) is 11.6 Å². The van der Waals surface area contributed by atoms with E-state index in [1.807, 2.05) is 0 Å². The van der Waals surface area contributed by atoms with E-state index in [-0.39, 0.29) is 5.69 Å². The number of carboxylic acid groups (broad SMARTS) is 1. The monoisotopic (exact) mass is 240 g/mol. The standard InChI is InChI=1S/C9H5ClN2O2S/c10-5-2-1-3-11-7(5)8-12-6(4-15-8)9(13)14/h1-4H,(H,13,14). The summed E-state index contributed by atoms with van der Waals surface area (Å²) >= 11 is 7.11. The minimum atomic E-state index is -1.05. The van der Waals surface area contributed by atoms with Gasteiger partial charge in [-0.15, -0.1) is 11.3 Å². The summed E-state index contributed by atoms with van der Waals surface area (Å²) in [5.41, 5.74) is 0.522. The van der Waals surface area contributed by atoms with Crippen LogP contribution in [0, 0.1) is 0 Å². The maximum absolute atomic E-state index is 10.6. The molecule has 0 unspecified atom stereocenters. The first-order chi connectivity index (χ1) is 7.18.